The number of aromatic nitrogens is 4. The smallest absolute Gasteiger partial charge is 0.282 e. The molecule has 172 valence electrons. The first-order valence-corrected chi connectivity index (χ1v) is 11.6. The Morgan fingerprint density at radius 2 is 2.03 bits per heavy atom. The molecule has 8 nitrogen and oxygen atoms in total. The van der Waals surface area contributed by atoms with Gasteiger partial charge < -0.3 is 4.90 Å². The van der Waals surface area contributed by atoms with Gasteiger partial charge in [-0.2, -0.15) is 5.10 Å². The lowest BCUT2D eigenvalue weighted by Gasteiger charge is -2.39. The zero-order valence-electron chi connectivity index (χ0n) is 16.9. The largest absolute Gasteiger partial charge is 0.356 e. The van der Waals surface area contributed by atoms with Crippen molar-refractivity contribution < 1.29 is 26.0 Å². The summed E-state index contributed by atoms with van der Waals surface area (Å²) in [7, 11) is -3.61. The van der Waals surface area contributed by atoms with Gasteiger partial charge in [0, 0.05) is 37.8 Å². The minimum atomic E-state index is -3.61. The van der Waals surface area contributed by atoms with Crippen LogP contribution in [-0.4, -0.2) is 59.8 Å². The van der Waals surface area contributed by atoms with Gasteiger partial charge in [-0.25, -0.2) is 45.2 Å². The molecule has 1 N–H and O–H groups in total. The fraction of sp³-hybridized carbons (Fsp3) is 0.421. The van der Waals surface area contributed by atoms with Crippen LogP contribution in [0.15, 0.2) is 36.7 Å². The van der Waals surface area contributed by atoms with Gasteiger partial charge in [0.2, 0.25) is 10.0 Å². The number of fused-ring (bicyclic) bond motifs is 1. The second-order valence-corrected chi connectivity index (χ2v) is 9.48. The Labute approximate surface area is 181 Å². The molecule has 1 saturated heterocycles. The van der Waals surface area contributed by atoms with E-state index in [9.17, 15) is 26.0 Å². The van der Waals surface area contributed by atoms with Crippen LogP contribution in [0.4, 0.5) is 23.4 Å². The van der Waals surface area contributed by atoms with E-state index in [1.165, 1.54) is 29.0 Å². The van der Waals surface area contributed by atoms with E-state index in [1.807, 2.05) is 0 Å². The molecule has 0 aromatic carbocycles. The van der Waals surface area contributed by atoms with E-state index in [0.717, 1.165) is 6.26 Å². The number of anilines is 1. The summed E-state index contributed by atoms with van der Waals surface area (Å²) in [5, 5.41) is 3.94. The van der Waals surface area contributed by atoms with E-state index < -0.39 is 46.9 Å². The van der Waals surface area contributed by atoms with Gasteiger partial charge in [0.05, 0.1) is 24.1 Å². The summed E-state index contributed by atoms with van der Waals surface area (Å²) in [4.78, 5) is 10.1. The molecule has 1 aliphatic rings. The van der Waals surface area contributed by atoms with Crippen molar-refractivity contribution in [2.75, 3.05) is 30.8 Å². The maximum absolute atomic E-state index is 14.4. The van der Waals surface area contributed by atoms with Crippen molar-refractivity contribution in [2.45, 2.75) is 18.8 Å². The van der Waals surface area contributed by atoms with E-state index >= 15 is 0 Å². The van der Waals surface area contributed by atoms with E-state index in [0.29, 0.717) is 22.7 Å². The highest BCUT2D eigenvalue weighted by Crippen LogP contribution is 2.35. The quantitative estimate of drug-likeness (QED) is 0.555. The summed E-state index contributed by atoms with van der Waals surface area (Å²) >= 11 is 0. The van der Waals surface area contributed by atoms with E-state index in [2.05, 4.69) is 19.8 Å². The maximum Gasteiger partial charge on any atom is 0.282 e. The van der Waals surface area contributed by atoms with Crippen LogP contribution in [0, 0.1) is 5.92 Å². The molecular formula is C19H20F4N6O2S. The molecule has 4 heterocycles. The Hall–Kier alpha value is -2.80. The first-order chi connectivity index (χ1) is 15.0. The average molecular weight is 472 g/mol. The van der Waals surface area contributed by atoms with Crippen LogP contribution in [0.2, 0.25) is 0 Å². The molecule has 0 bridgehead atoms. The molecule has 0 spiro atoms. The molecular weight excluding hydrogens is 452 g/mol. The standard InChI is InChI=1S/C19H20F4N6O2S/c1-32(30,31)26-9-13-11-28(7-5-19(13,22)23)17-8-12(4-6-24-17)15-10-25-16-3-2-14(18(20)21)27-29(15)16/h2-4,6,8,10,13,18,26H,5,7,9,11H2,1H3. The van der Waals surface area contributed by atoms with E-state index in [1.54, 1.807) is 17.0 Å². The molecule has 1 aliphatic heterocycles. The zero-order chi connectivity index (χ0) is 23.1. The van der Waals surface area contributed by atoms with Gasteiger partial charge in [0.1, 0.15) is 11.5 Å². The normalized spacial score (nSPS) is 19.1. The summed E-state index contributed by atoms with van der Waals surface area (Å²) in [5.74, 6) is -3.85. The molecule has 1 atom stereocenters. The number of pyridine rings is 1. The molecule has 0 radical (unpaired) electrons. The molecule has 13 heteroatoms. The Balaban J connectivity index is 1.62. The topological polar surface area (TPSA) is 92.5 Å². The number of hydrogen-bond donors (Lipinski definition) is 1. The maximum atomic E-state index is 14.4. The monoisotopic (exact) mass is 472 g/mol. The second-order valence-electron chi connectivity index (χ2n) is 7.65. The number of alkyl halides is 4. The number of hydrogen-bond acceptors (Lipinski definition) is 6. The molecule has 0 aliphatic carbocycles. The summed E-state index contributed by atoms with van der Waals surface area (Å²) in [6.07, 6.45) is 0.691. The fourth-order valence-corrected chi connectivity index (χ4v) is 4.11. The van der Waals surface area contributed by atoms with Crippen LogP contribution in [0.3, 0.4) is 0 Å². The van der Waals surface area contributed by atoms with Crippen molar-refractivity contribution >= 4 is 21.5 Å². The lowest BCUT2D eigenvalue weighted by Crippen LogP contribution is -2.51. The Kier molecular flexibility index (Phi) is 5.79. The third kappa shape index (κ3) is 4.67. The van der Waals surface area contributed by atoms with Gasteiger partial charge in [0.15, 0.2) is 5.65 Å². The van der Waals surface area contributed by atoms with Crippen LogP contribution in [-0.2, 0) is 10.0 Å². The highest BCUT2D eigenvalue weighted by atomic mass is 32.2. The Morgan fingerprint density at radius 3 is 2.75 bits per heavy atom. The fourth-order valence-electron chi connectivity index (χ4n) is 3.60. The Bertz CT molecular complexity index is 1230. The highest BCUT2D eigenvalue weighted by molar-refractivity contribution is 7.88. The SMILES string of the molecule is CS(=O)(=O)NCC1CN(c2cc(-c3cnc4ccc(C(F)F)nn34)ccn2)CCC1(F)F. The first kappa shape index (κ1) is 22.4. The van der Waals surface area contributed by atoms with Gasteiger partial charge in [0.25, 0.3) is 12.3 Å². The third-order valence-corrected chi connectivity index (χ3v) is 6.01. The van der Waals surface area contributed by atoms with E-state index in [-0.39, 0.29) is 13.1 Å². The van der Waals surface area contributed by atoms with Crippen LogP contribution in [0.25, 0.3) is 16.9 Å². The van der Waals surface area contributed by atoms with Gasteiger partial charge in [-0.1, -0.05) is 0 Å². The van der Waals surface area contributed by atoms with Crippen molar-refractivity contribution in [3.63, 3.8) is 0 Å². The van der Waals surface area contributed by atoms with E-state index in [4.69, 9.17) is 0 Å². The molecule has 1 fully saturated rings. The zero-order valence-corrected chi connectivity index (χ0v) is 17.7. The summed E-state index contributed by atoms with van der Waals surface area (Å²) in [6, 6.07) is 5.93. The molecule has 3 aromatic rings. The lowest BCUT2D eigenvalue weighted by atomic mass is 9.93. The number of halogens is 4. The van der Waals surface area contributed by atoms with Gasteiger partial charge in [-0.15, -0.1) is 0 Å². The molecule has 0 saturated carbocycles. The first-order valence-electron chi connectivity index (χ1n) is 9.70. The molecule has 0 amide bonds. The predicted molar refractivity (Wildman–Crippen MR) is 109 cm³/mol. The average Bonchev–Trinajstić information content (AvgIpc) is 3.15. The van der Waals surface area contributed by atoms with Crippen molar-refractivity contribution in [3.8, 4) is 11.3 Å². The van der Waals surface area contributed by atoms with Crippen LogP contribution < -0.4 is 9.62 Å². The summed E-state index contributed by atoms with van der Waals surface area (Å²) in [5.41, 5.74) is 1.01. The van der Waals surface area contributed by atoms with Crippen molar-refractivity contribution in [2.24, 2.45) is 5.92 Å². The summed E-state index contributed by atoms with van der Waals surface area (Å²) in [6.45, 7) is -0.470. The van der Waals surface area contributed by atoms with Crippen molar-refractivity contribution in [1.82, 2.24) is 24.3 Å². The molecule has 4 rings (SSSR count). The molecule has 1 unspecified atom stereocenters. The second kappa shape index (κ2) is 8.28. The third-order valence-electron chi connectivity index (χ3n) is 5.32. The number of rotatable bonds is 6. The van der Waals surface area contributed by atoms with Gasteiger partial charge >= 0.3 is 0 Å². The number of imidazole rings is 1. The van der Waals surface area contributed by atoms with Gasteiger partial charge in [-0.05, 0) is 24.3 Å². The minimum Gasteiger partial charge on any atom is -0.356 e. The van der Waals surface area contributed by atoms with Crippen LogP contribution in [0.5, 0.6) is 0 Å². The molecule has 3 aromatic heterocycles. The van der Waals surface area contributed by atoms with Gasteiger partial charge in [-0.3, -0.25) is 0 Å². The number of nitrogens with zero attached hydrogens (tertiary/aromatic N) is 5. The van der Waals surface area contributed by atoms with Crippen molar-refractivity contribution in [1.29, 1.82) is 0 Å². The summed E-state index contributed by atoms with van der Waals surface area (Å²) < 4.78 is 81.0. The van der Waals surface area contributed by atoms with Crippen LogP contribution >= 0.6 is 0 Å². The number of sulfonamides is 1. The molecule has 32 heavy (non-hydrogen) atoms. The number of nitrogens with one attached hydrogen (secondary N) is 1. The minimum absolute atomic E-state index is 0.0275. The predicted octanol–water partition coefficient (Wildman–Crippen LogP) is 2.74. The van der Waals surface area contributed by atoms with Crippen molar-refractivity contribution in [3.05, 3.63) is 42.4 Å². The highest BCUT2D eigenvalue weighted by Gasteiger charge is 2.44. The lowest BCUT2D eigenvalue weighted by molar-refractivity contribution is -0.0695. The Morgan fingerprint density at radius 1 is 1.25 bits per heavy atom. The number of piperidine rings is 1. The van der Waals surface area contributed by atoms with Crippen LogP contribution in [0.1, 0.15) is 18.5 Å².